The number of hydrogen-bond donors (Lipinski definition) is 1. The van der Waals surface area contributed by atoms with E-state index in [0.717, 1.165) is 60.6 Å². The molecule has 0 atom stereocenters. The van der Waals surface area contributed by atoms with Crippen LogP contribution < -0.4 is 5.32 Å². The summed E-state index contributed by atoms with van der Waals surface area (Å²) in [6.07, 6.45) is 3.87. The number of hydrogen-bond acceptors (Lipinski definition) is 5. The van der Waals surface area contributed by atoms with Crippen LogP contribution >= 0.6 is 23.4 Å². The van der Waals surface area contributed by atoms with E-state index >= 15 is 0 Å². The summed E-state index contributed by atoms with van der Waals surface area (Å²) in [4.78, 5) is 14.6. The van der Waals surface area contributed by atoms with E-state index in [1.165, 1.54) is 12.8 Å². The number of benzene rings is 2. The van der Waals surface area contributed by atoms with Gasteiger partial charge in [-0.2, -0.15) is 0 Å². The van der Waals surface area contributed by atoms with Crippen LogP contribution in [0.25, 0.3) is 17.1 Å². The maximum atomic E-state index is 12.2. The smallest absolute Gasteiger partial charge is 0.220 e. The molecule has 1 N–H and O–H groups in total. The van der Waals surface area contributed by atoms with Crippen molar-refractivity contribution < 1.29 is 4.79 Å². The van der Waals surface area contributed by atoms with Crippen LogP contribution in [0, 0.1) is 0 Å². The average Bonchev–Trinajstić information content (AvgIpc) is 3.48. The summed E-state index contributed by atoms with van der Waals surface area (Å²) in [5, 5.41) is 13.4. The fraction of sp³-hybridized carbons (Fsp3) is 0.375. The number of carbonyl (C=O) groups is 1. The molecule has 32 heavy (non-hydrogen) atoms. The second kappa shape index (κ2) is 11.5. The fourth-order valence-electron chi connectivity index (χ4n) is 3.80. The number of likely N-dealkylation sites (tertiary alicyclic amines) is 1. The summed E-state index contributed by atoms with van der Waals surface area (Å²) < 4.78 is 2.06. The SMILES string of the molecule is O=C(CCCSc1nnc(-c2ccc(Cl)cc2)n1-c1ccccc1)NCCN1CCCC1. The second-order valence-corrected chi connectivity index (χ2v) is 9.33. The van der Waals surface area contributed by atoms with Crippen LogP contribution in [-0.4, -0.2) is 57.5 Å². The molecule has 1 aliphatic rings. The van der Waals surface area contributed by atoms with Gasteiger partial charge in [-0.3, -0.25) is 9.36 Å². The summed E-state index contributed by atoms with van der Waals surface area (Å²) >= 11 is 7.68. The van der Waals surface area contributed by atoms with Gasteiger partial charge in [0.05, 0.1) is 0 Å². The molecule has 0 aliphatic carbocycles. The lowest BCUT2D eigenvalue weighted by Crippen LogP contribution is -2.33. The Balaban J connectivity index is 1.34. The first-order chi connectivity index (χ1) is 15.7. The number of nitrogens with one attached hydrogen (secondary N) is 1. The highest BCUT2D eigenvalue weighted by Crippen LogP contribution is 2.29. The lowest BCUT2D eigenvalue weighted by Gasteiger charge is -2.14. The van der Waals surface area contributed by atoms with Gasteiger partial charge in [0.25, 0.3) is 0 Å². The summed E-state index contributed by atoms with van der Waals surface area (Å²) in [6.45, 7) is 4.01. The van der Waals surface area contributed by atoms with E-state index in [2.05, 4.69) is 25.0 Å². The number of aromatic nitrogens is 3. The minimum atomic E-state index is 0.121. The van der Waals surface area contributed by atoms with Gasteiger partial charge in [-0.25, -0.2) is 0 Å². The van der Waals surface area contributed by atoms with Gasteiger partial charge in [-0.1, -0.05) is 41.6 Å². The van der Waals surface area contributed by atoms with Crippen LogP contribution in [0.1, 0.15) is 25.7 Å². The van der Waals surface area contributed by atoms with Crippen molar-refractivity contribution in [3.8, 4) is 17.1 Å². The molecule has 1 aliphatic heterocycles. The normalized spacial score (nSPS) is 14.0. The zero-order valence-electron chi connectivity index (χ0n) is 18.0. The van der Waals surface area contributed by atoms with Crippen LogP contribution in [0.4, 0.5) is 0 Å². The van der Waals surface area contributed by atoms with Crippen LogP contribution in [0.15, 0.2) is 59.8 Å². The molecule has 168 valence electrons. The maximum absolute atomic E-state index is 12.2. The monoisotopic (exact) mass is 469 g/mol. The molecule has 2 heterocycles. The predicted molar refractivity (Wildman–Crippen MR) is 130 cm³/mol. The Bertz CT molecular complexity index is 1000. The van der Waals surface area contributed by atoms with Gasteiger partial charge >= 0.3 is 0 Å². The molecule has 2 aromatic carbocycles. The van der Waals surface area contributed by atoms with E-state index < -0.39 is 0 Å². The summed E-state index contributed by atoms with van der Waals surface area (Å²) in [6, 6.07) is 17.7. The molecule has 0 radical (unpaired) electrons. The minimum absolute atomic E-state index is 0.121. The van der Waals surface area contributed by atoms with E-state index in [-0.39, 0.29) is 5.91 Å². The molecule has 3 aromatic rings. The average molecular weight is 470 g/mol. The Morgan fingerprint density at radius 3 is 2.53 bits per heavy atom. The number of thioether (sulfide) groups is 1. The highest BCUT2D eigenvalue weighted by molar-refractivity contribution is 7.99. The zero-order valence-corrected chi connectivity index (χ0v) is 19.6. The van der Waals surface area contributed by atoms with Crippen LogP contribution in [0.2, 0.25) is 5.02 Å². The largest absolute Gasteiger partial charge is 0.355 e. The molecule has 6 nitrogen and oxygen atoms in total. The third kappa shape index (κ3) is 6.12. The number of para-hydroxylation sites is 1. The first kappa shape index (κ1) is 22.8. The highest BCUT2D eigenvalue weighted by Gasteiger charge is 2.16. The fourth-order valence-corrected chi connectivity index (χ4v) is 4.82. The molecule has 1 amide bonds. The second-order valence-electron chi connectivity index (χ2n) is 7.83. The molecule has 0 unspecified atom stereocenters. The Morgan fingerprint density at radius 1 is 1.03 bits per heavy atom. The maximum Gasteiger partial charge on any atom is 0.220 e. The van der Waals surface area contributed by atoms with E-state index in [1.54, 1.807) is 11.8 Å². The van der Waals surface area contributed by atoms with Crippen molar-refractivity contribution in [1.82, 2.24) is 25.0 Å². The molecular formula is C24H28ClN5OS. The molecule has 8 heteroatoms. The summed E-state index contributed by atoms with van der Waals surface area (Å²) in [5.74, 6) is 1.69. The van der Waals surface area contributed by atoms with Gasteiger partial charge in [0.15, 0.2) is 11.0 Å². The van der Waals surface area contributed by atoms with E-state index in [1.807, 2.05) is 54.6 Å². The van der Waals surface area contributed by atoms with Gasteiger partial charge in [0.2, 0.25) is 5.91 Å². The van der Waals surface area contributed by atoms with E-state index in [9.17, 15) is 4.79 Å². The lowest BCUT2D eigenvalue weighted by molar-refractivity contribution is -0.121. The Morgan fingerprint density at radius 2 is 1.78 bits per heavy atom. The number of amides is 1. The van der Waals surface area contributed by atoms with Crippen molar-refractivity contribution >= 4 is 29.3 Å². The molecule has 4 rings (SSSR count). The van der Waals surface area contributed by atoms with Crippen molar-refractivity contribution in [1.29, 1.82) is 0 Å². The first-order valence-electron chi connectivity index (χ1n) is 11.1. The Hall–Kier alpha value is -2.35. The molecule has 1 saturated heterocycles. The minimum Gasteiger partial charge on any atom is -0.355 e. The third-order valence-electron chi connectivity index (χ3n) is 5.48. The van der Waals surface area contributed by atoms with Crippen LogP contribution in [-0.2, 0) is 4.79 Å². The van der Waals surface area contributed by atoms with Gasteiger partial charge in [-0.15, -0.1) is 10.2 Å². The van der Waals surface area contributed by atoms with Gasteiger partial charge in [0, 0.05) is 41.5 Å². The molecule has 0 bridgehead atoms. The van der Waals surface area contributed by atoms with Gasteiger partial charge in [-0.05, 0) is 68.8 Å². The van der Waals surface area contributed by atoms with E-state index in [4.69, 9.17) is 11.6 Å². The van der Waals surface area contributed by atoms with Crippen molar-refractivity contribution in [2.75, 3.05) is 31.9 Å². The predicted octanol–water partition coefficient (Wildman–Crippen LogP) is 4.67. The Labute approximate surface area is 198 Å². The topological polar surface area (TPSA) is 63.1 Å². The first-order valence-corrected chi connectivity index (χ1v) is 12.5. The molecule has 0 spiro atoms. The lowest BCUT2D eigenvalue weighted by atomic mass is 10.2. The standard InChI is InChI=1S/C24H28ClN5OS/c25-20-12-10-19(11-13-20)23-27-28-24(30(23)21-7-2-1-3-8-21)32-18-6-9-22(31)26-14-17-29-15-4-5-16-29/h1-3,7-8,10-13H,4-6,9,14-18H2,(H,26,31). The van der Waals surface area contributed by atoms with Crippen LogP contribution in [0.3, 0.4) is 0 Å². The van der Waals surface area contributed by atoms with Crippen molar-refractivity contribution in [3.63, 3.8) is 0 Å². The highest BCUT2D eigenvalue weighted by atomic mass is 35.5. The quantitative estimate of drug-likeness (QED) is 0.345. The van der Waals surface area contributed by atoms with E-state index in [0.29, 0.717) is 11.4 Å². The molecule has 0 saturated carbocycles. The van der Waals surface area contributed by atoms with Gasteiger partial charge < -0.3 is 10.2 Å². The number of halogens is 1. The summed E-state index contributed by atoms with van der Waals surface area (Å²) in [7, 11) is 0. The van der Waals surface area contributed by atoms with Gasteiger partial charge in [0.1, 0.15) is 0 Å². The molecular weight excluding hydrogens is 442 g/mol. The third-order valence-corrected chi connectivity index (χ3v) is 6.75. The van der Waals surface area contributed by atoms with Crippen LogP contribution in [0.5, 0.6) is 0 Å². The zero-order chi connectivity index (χ0) is 22.2. The number of rotatable bonds is 10. The molecule has 1 fully saturated rings. The number of carbonyl (C=O) groups excluding carboxylic acids is 1. The molecule has 1 aromatic heterocycles. The van der Waals surface area contributed by atoms with Crippen molar-refractivity contribution in [3.05, 3.63) is 59.6 Å². The Kier molecular flexibility index (Phi) is 8.20. The summed E-state index contributed by atoms with van der Waals surface area (Å²) in [5.41, 5.74) is 1.96. The van der Waals surface area contributed by atoms with Crippen molar-refractivity contribution in [2.45, 2.75) is 30.8 Å². The van der Waals surface area contributed by atoms with Crippen molar-refractivity contribution in [2.24, 2.45) is 0 Å². The number of nitrogens with zero attached hydrogens (tertiary/aromatic N) is 4.